The molecule has 2 N–H and O–H groups in total. The Morgan fingerprint density at radius 2 is 1.93 bits per heavy atom. The van der Waals surface area contributed by atoms with Crippen LogP contribution in [0, 0.1) is 5.92 Å². The summed E-state index contributed by atoms with van der Waals surface area (Å²) in [6.07, 6.45) is 2.99. The van der Waals surface area contributed by atoms with Crippen LogP contribution in [0.2, 0.25) is 0 Å². The second kappa shape index (κ2) is 2.95. The number of nitrogens with one attached hydrogen (secondary N) is 2. The van der Waals surface area contributed by atoms with Crippen molar-refractivity contribution in [1.29, 1.82) is 0 Å². The smallest absolute Gasteiger partial charge is 0.110 e. The van der Waals surface area contributed by atoms with Crippen molar-refractivity contribution in [2.45, 2.75) is 19.0 Å². The maximum absolute atomic E-state index is 5.33. The van der Waals surface area contributed by atoms with E-state index in [0.717, 1.165) is 16.5 Å². The molecule has 14 heavy (non-hydrogen) atoms. The molecule has 0 aromatic heterocycles. The van der Waals surface area contributed by atoms with E-state index in [1.54, 1.807) is 0 Å². The van der Waals surface area contributed by atoms with Crippen LogP contribution in [-0.4, -0.2) is 11.2 Å². The molecular weight excluding hydrogens is 192 g/mol. The molecule has 2 nitrogen and oxygen atoms in total. The van der Waals surface area contributed by atoms with E-state index in [4.69, 9.17) is 12.2 Å². The first-order chi connectivity index (χ1) is 6.84. The van der Waals surface area contributed by atoms with Crippen molar-refractivity contribution < 1.29 is 0 Å². The summed E-state index contributed by atoms with van der Waals surface area (Å²) in [4.78, 5) is 0.885. The van der Waals surface area contributed by atoms with Crippen molar-refractivity contribution >= 4 is 22.9 Å². The minimum absolute atomic E-state index is 0.359. The highest BCUT2D eigenvalue weighted by atomic mass is 32.1. The zero-order chi connectivity index (χ0) is 9.54. The van der Waals surface area contributed by atoms with Gasteiger partial charge in [0, 0.05) is 11.3 Å². The fraction of sp³-hybridized carbons (Fsp3) is 0.364. The molecule has 0 radical (unpaired) electrons. The Bertz CT molecular complexity index is 385. The average Bonchev–Trinajstić information content (AvgIpc) is 3.01. The van der Waals surface area contributed by atoms with Gasteiger partial charge in [-0.05, 0) is 30.9 Å². The molecule has 0 spiro atoms. The zero-order valence-corrected chi connectivity index (χ0v) is 8.60. The average molecular weight is 204 g/mol. The number of thiocarbonyl (C=S) groups is 1. The fourth-order valence-corrected chi connectivity index (χ4v) is 2.20. The topological polar surface area (TPSA) is 24.1 Å². The third-order valence-electron chi connectivity index (χ3n) is 2.86. The maximum Gasteiger partial charge on any atom is 0.110 e. The van der Waals surface area contributed by atoms with Crippen LogP contribution < -0.4 is 10.6 Å². The van der Waals surface area contributed by atoms with Gasteiger partial charge in [-0.3, -0.25) is 0 Å². The van der Waals surface area contributed by atoms with E-state index < -0.39 is 0 Å². The summed E-state index contributed by atoms with van der Waals surface area (Å²) in [5.41, 5.74) is 2.30. The molecule has 1 saturated carbocycles. The molecule has 1 aliphatic carbocycles. The number of para-hydroxylation sites is 1. The molecule has 1 aliphatic heterocycles. The summed E-state index contributed by atoms with van der Waals surface area (Å²) in [6.45, 7) is 0. The Morgan fingerprint density at radius 3 is 2.71 bits per heavy atom. The minimum Gasteiger partial charge on any atom is -0.365 e. The first-order valence-electron chi connectivity index (χ1n) is 5.01. The van der Waals surface area contributed by atoms with Crippen LogP contribution in [0.25, 0.3) is 0 Å². The number of anilines is 1. The Morgan fingerprint density at radius 1 is 1.14 bits per heavy atom. The molecule has 0 saturated heterocycles. The highest BCUT2D eigenvalue weighted by molar-refractivity contribution is 7.80. The fourth-order valence-electron chi connectivity index (χ4n) is 1.89. The number of hydrogen-bond donors (Lipinski definition) is 2. The molecule has 72 valence electrons. The second-order valence-corrected chi connectivity index (χ2v) is 4.39. The molecule has 1 aromatic carbocycles. The van der Waals surface area contributed by atoms with Crippen LogP contribution in [0.15, 0.2) is 24.3 Å². The SMILES string of the molecule is S=C1NC(C2CC2)Nc2ccccc21. The van der Waals surface area contributed by atoms with Crippen molar-refractivity contribution in [2.24, 2.45) is 5.92 Å². The van der Waals surface area contributed by atoms with Crippen molar-refractivity contribution in [3.63, 3.8) is 0 Å². The molecule has 1 aromatic rings. The van der Waals surface area contributed by atoms with Crippen molar-refractivity contribution in [1.82, 2.24) is 5.32 Å². The van der Waals surface area contributed by atoms with Crippen molar-refractivity contribution in [3.05, 3.63) is 29.8 Å². The summed E-state index contributed by atoms with van der Waals surface area (Å²) in [7, 11) is 0. The lowest BCUT2D eigenvalue weighted by molar-refractivity contribution is 0.598. The van der Waals surface area contributed by atoms with E-state index in [0.29, 0.717) is 6.17 Å². The van der Waals surface area contributed by atoms with Gasteiger partial charge in [-0.2, -0.15) is 0 Å². The Hall–Kier alpha value is -1.09. The van der Waals surface area contributed by atoms with Crippen molar-refractivity contribution in [3.8, 4) is 0 Å². The highest BCUT2D eigenvalue weighted by Crippen LogP contribution is 2.35. The van der Waals surface area contributed by atoms with E-state index >= 15 is 0 Å². The predicted octanol–water partition coefficient (Wildman–Crippen LogP) is 2.11. The van der Waals surface area contributed by atoms with Gasteiger partial charge in [0.05, 0.1) is 6.17 Å². The van der Waals surface area contributed by atoms with Gasteiger partial charge < -0.3 is 10.6 Å². The van der Waals surface area contributed by atoms with E-state index in [9.17, 15) is 0 Å². The van der Waals surface area contributed by atoms with Crippen molar-refractivity contribution in [2.75, 3.05) is 5.32 Å². The molecular formula is C11H12N2S. The quantitative estimate of drug-likeness (QED) is 0.685. The van der Waals surface area contributed by atoms with Gasteiger partial charge in [-0.25, -0.2) is 0 Å². The second-order valence-electron chi connectivity index (χ2n) is 3.98. The van der Waals surface area contributed by atoms with E-state index in [2.05, 4.69) is 22.8 Å². The lowest BCUT2D eigenvalue weighted by Crippen LogP contribution is -2.45. The molecule has 0 amide bonds. The Balaban J connectivity index is 1.95. The zero-order valence-electron chi connectivity index (χ0n) is 7.79. The molecule has 1 atom stereocenters. The Kier molecular flexibility index (Phi) is 1.74. The first-order valence-corrected chi connectivity index (χ1v) is 5.42. The third-order valence-corrected chi connectivity index (χ3v) is 3.20. The van der Waals surface area contributed by atoms with E-state index in [1.807, 2.05) is 12.1 Å². The van der Waals surface area contributed by atoms with Crippen LogP contribution in [0.4, 0.5) is 5.69 Å². The summed E-state index contributed by atoms with van der Waals surface area (Å²) in [6, 6.07) is 8.22. The monoisotopic (exact) mass is 204 g/mol. The lowest BCUT2D eigenvalue weighted by Gasteiger charge is -2.29. The van der Waals surface area contributed by atoms with Gasteiger partial charge in [-0.15, -0.1) is 0 Å². The Labute approximate surface area is 88.7 Å². The summed E-state index contributed by atoms with van der Waals surface area (Å²) < 4.78 is 0. The first kappa shape index (κ1) is 8.24. The van der Waals surface area contributed by atoms with Gasteiger partial charge in [0.15, 0.2) is 0 Å². The predicted molar refractivity (Wildman–Crippen MR) is 61.4 cm³/mol. The molecule has 1 unspecified atom stereocenters. The van der Waals surface area contributed by atoms with Crippen LogP contribution >= 0.6 is 12.2 Å². The molecule has 0 bridgehead atoms. The number of benzene rings is 1. The molecule has 3 heteroatoms. The van der Waals surface area contributed by atoms with Gasteiger partial charge in [0.1, 0.15) is 4.99 Å². The minimum atomic E-state index is 0.359. The summed E-state index contributed by atoms with van der Waals surface area (Å²) in [5.74, 6) is 0.765. The van der Waals surface area contributed by atoms with E-state index in [-0.39, 0.29) is 0 Å². The van der Waals surface area contributed by atoms with Crippen LogP contribution in [0.5, 0.6) is 0 Å². The normalized spacial score (nSPS) is 24.9. The summed E-state index contributed by atoms with van der Waals surface area (Å²) >= 11 is 5.33. The lowest BCUT2D eigenvalue weighted by atomic mass is 10.1. The number of rotatable bonds is 1. The van der Waals surface area contributed by atoms with Crippen LogP contribution in [-0.2, 0) is 0 Å². The number of fused-ring (bicyclic) bond motifs is 1. The largest absolute Gasteiger partial charge is 0.365 e. The van der Waals surface area contributed by atoms with E-state index in [1.165, 1.54) is 18.5 Å². The van der Waals surface area contributed by atoms with Crippen LogP contribution in [0.3, 0.4) is 0 Å². The molecule has 2 aliphatic rings. The van der Waals surface area contributed by atoms with Gasteiger partial charge in [0.25, 0.3) is 0 Å². The summed E-state index contributed by atoms with van der Waals surface area (Å²) in [5, 5.41) is 6.85. The standard InChI is InChI=1S/C11H12N2S/c14-11-8-3-1-2-4-9(8)12-10(13-11)7-5-6-7/h1-4,7,10,12H,5-6H2,(H,13,14). The molecule has 3 rings (SSSR count). The van der Waals surface area contributed by atoms with Gasteiger partial charge in [0.2, 0.25) is 0 Å². The third kappa shape index (κ3) is 1.28. The molecule has 1 fully saturated rings. The van der Waals surface area contributed by atoms with Gasteiger partial charge >= 0.3 is 0 Å². The highest BCUT2D eigenvalue weighted by Gasteiger charge is 2.34. The number of hydrogen-bond acceptors (Lipinski definition) is 2. The molecule has 1 heterocycles. The van der Waals surface area contributed by atoms with Crippen LogP contribution in [0.1, 0.15) is 18.4 Å². The van der Waals surface area contributed by atoms with Gasteiger partial charge in [-0.1, -0.05) is 24.4 Å². The maximum atomic E-state index is 5.33.